The molecule has 8 heteroatoms. The predicted octanol–water partition coefficient (Wildman–Crippen LogP) is 7.12. The van der Waals surface area contributed by atoms with Gasteiger partial charge in [0, 0.05) is 19.5 Å². The number of rotatable bonds is 19. The third kappa shape index (κ3) is 24.2. The summed E-state index contributed by atoms with van der Waals surface area (Å²) in [6.07, 6.45) is 20.2. The molecule has 0 fully saturated rings. The molecule has 0 aromatic carbocycles. The van der Waals surface area contributed by atoms with Crippen LogP contribution in [0.1, 0.15) is 110 Å². The molecule has 0 bridgehead atoms. The molecule has 0 amide bonds. The Kier molecular flexibility index (Phi) is 23.6. The van der Waals surface area contributed by atoms with Crippen LogP contribution in [0.15, 0.2) is 0 Å². The molecule has 0 radical (unpaired) electrons. The summed E-state index contributed by atoms with van der Waals surface area (Å²) in [4.78, 5) is 11.7. The summed E-state index contributed by atoms with van der Waals surface area (Å²) in [5.41, 5.74) is 0. The van der Waals surface area contributed by atoms with Crippen molar-refractivity contribution in [1.29, 1.82) is 0 Å². The lowest BCUT2D eigenvalue weighted by molar-refractivity contribution is -0.133. The van der Waals surface area contributed by atoms with E-state index in [1.54, 1.807) is 0 Å². The minimum Gasteiger partial charge on any atom is -0.384 e. The van der Waals surface area contributed by atoms with Crippen LogP contribution >= 0.6 is 49.1 Å². The summed E-state index contributed by atoms with van der Waals surface area (Å²) in [5, 5.41) is 5.87. The van der Waals surface area contributed by atoms with Gasteiger partial charge < -0.3 is 14.8 Å². The largest absolute Gasteiger partial charge is 0.384 e. The van der Waals surface area contributed by atoms with Gasteiger partial charge in [-0.15, -0.1) is 12.6 Å². The molecule has 0 rings (SSSR count). The average molecular weight is 495 g/mol. The second-order valence-corrected chi connectivity index (χ2v) is 10.3. The van der Waals surface area contributed by atoms with E-state index in [0.29, 0.717) is 28.2 Å². The molecule has 0 saturated heterocycles. The zero-order chi connectivity index (χ0) is 22.3. The first-order chi connectivity index (χ1) is 14.6. The van der Waals surface area contributed by atoms with Crippen molar-refractivity contribution < 1.29 is 8.98 Å². The number of hydrogen-bond donors (Lipinski definition) is 3. The standard InChI is InChI=1S/C22H42N2O2S4/c1-2-3-4-5-6-7-8-9-10-11-12-13-14-15-16-17-20(25)26-30-22(29)24-19-18-23-21(27)28/h2-19H2,1H3,(H,24,29)(H2,23,27,28). The van der Waals surface area contributed by atoms with Gasteiger partial charge in [0.2, 0.25) is 0 Å². The Morgan fingerprint density at radius 1 is 0.767 bits per heavy atom. The van der Waals surface area contributed by atoms with Crippen molar-refractivity contribution in [2.24, 2.45) is 0 Å². The fourth-order valence-corrected chi connectivity index (χ4v) is 3.96. The number of carbonyl (C=O) groups excluding carboxylic acids is 1. The van der Waals surface area contributed by atoms with Gasteiger partial charge in [-0.25, -0.2) is 0 Å². The fraction of sp³-hybridized carbons (Fsp3) is 0.864. The monoisotopic (exact) mass is 494 g/mol. The molecule has 0 aliphatic carbocycles. The molecule has 0 atom stereocenters. The van der Waals surface area contributed by atoms with Gasteiger partial charge in [-0.1, -0.05) is 109 Å². The van der Waals surface area contributed by atoms with Crippen LogP contribution in [-0.4, -0.2) is 27.7 Å². The van der Waals surface area contributed by atoms with Crippen LogP contribution in [0.2, 0.25) is 0 Å². The summed E-state index contributed by atoms with van der Waals surface area (Å²) in [6, 6.07) is 0. The van der Waals surface area contributed by atoms with Crippen LogP contribution < -0.4 is 10.6 Å². The molecule has 0 aliphatic heterocycles. The van der Waals surface area contributed by atoms with Crippen molar-refractivity contribution >= 4 is 63.7 Å². The molecule has 2 N–H and O–H groups in total. The van der Waals surface area contributed by atoms with Crippen LogP contribution in [0.25, 0.3) is 0 Å². The molecule has 30 heavy (non-hydrogen) atoms. The molecule has 0 aromatic rings. The van der Waals surface area contributed by atoms with E-state index in [9.17, 15) is 4.79 Å². The van der Waals surface area contributed by atoms with Crippen LogP contribution in [0.4, 0.5) is 0 Å². The summed E-state index contributed by atoms with van der Waals surface area (Å²) in [5.74, 6) is -0.200. The molecule has 0 saturated carbocycles. The Morgan fingerprint density at radius 3 is 1.67 bits per heavy atom. The maximum absolute atomic E-state index is 11.7. The second-order valence-electron chi connectivity index (χ2n) is 7.68. The van der Waals surface area contributed by atoms with Crippen LogP contribution in [0.5, 0.6) is 0 Å². The molecule has 0 unspecified atom stereocenters. The quantitative estimate of drug-likeness (QED) is 0.0765. The first-order valence-electron chi connectivity index (χ1n) is 11.7. The fourth-order valence-electron chi connectivity index (χ4n) is 3.13. The molecule has 0 aromatic heterocycles. The lowest BCUT2D eigenvalue weighted by atomic mass is 10.0. The SMILES string of the molecule is CCCCCCCCCCCCCCCCCC(=O)OSC(=S)NCCNC(=S)S. The Labute approximate surface area is 205 Å². The number of nitrogens with one attached hydrogen (secondary N) is 2. The van der Waals surface area contributed by atoms with E-state index in [4.69, 9.17) is 28.6 Å². The zero-order valence-electron chi connectivity index (χ0n) is 18.7. The highest BCUT2D eigenvalue weighted by Gasteiger charge is 2.06. The molecule has 0 aliphatic rings. The van der Waals surface area contributed by atoms with E-state index in [1.165, 1.54) is 83.5 Å². The highest BCUT2D eigenvalue weighted by atomic mass is 32.2. The lowest BCUT2D eigenvalue weighted by Crippen LogP contribution is -2.30. The van der Waals surface area contributed by atoms with E-state index < -0.39 is 0 Å². The van der Waals surface area contributed by atoms with Crippen molar-refractivity contribution in [3.05, 3.63) is 0 Å². The number of carbonyl (C=O) groups is 1. The van der Waals surface area contributed by atoms with Gasteiger partial charge in [0.15, 0.2) is 4.32 Å². The van der Waals surface area contributed by atoms with Crippen LogP contribution in [0.3, 0.4) is 0 Å². The van der Waals surface area contributed by atoms with Crippen molar-refractivity contribution in [2.75, 3.05) is 13.1 Å². The highest BCUT2D eigenvalue weighted by molar-refractivity contribution is 8.20. The van der Waals surface area contributed by atoms with E-state index in [1.807, 2.05) is 0 Å². The Balaban J connectivity index is 3.27. The van der Waals surface area contributed by atoms with E-state index in [0.717, 1.165) is 24.9 Å². The third-order valence-corrected chi connectivity index (χ3v) is 6.08. The van der Waals surface area contributed by atoms with Crippen molar-refractivity contribution in [3.8, 4) is 0 Å². The second kappa shape index (κ2) is 23.6. The summed E-state index contributed by atoms with van der Waals surface area (Å²) < 4.78 is 6.01. The smallest absolute Gasteiger partial charge is 0.318 e. The number of thiol groups is 1. The van der Waals surface area contributed by atoms with Gasteiger partial charge in [0.25, 0.3) is 0 Å². The van der Waals surface area contributed by atoms with Crippen LogP contribution in [0, 0.1) is 0 Å². The Hall–Kier alpha value is -0.0500. The lowest BCUT2D eigenvalue weighted by Gasteiger charge is -2.07. The molecule has 176 valence electrons. The molecule has 0 heterocycles. The minimum absolute atomic E-state index is 0.200. The first kappa shape index (κ1) is 29.9. The summed E-state index contributed by atoms with van der Waals surface area (Å²) in [6.45, 7) is 3.49. The van der Waals surface area contributed by atoms with Gasteiger partial charge in [-0.2, -0.15) is 0 Å². The number of unbranched alkanes of at least 4 members (excludes halogenated alkanes) is 14. The Bertz CT molecular complexity index is 451. The van der Waals surface area contributed by atoms with Gasteiger partial charge in [0.1, 0.15) is 16.4 Å². The van der Waals surface area contributed by atoms with Crippen molar-refractivity contribution in [2.45, 2.75) is 110 Å². The van der Waals surface area contributed by atoms with Gasteiger partial charge in [-0.05, 0) is 18.6 Å². The summed E-state index contributed by atoms with van der Waals surface area (Å²) >= 11 is 14.8. The van der Waals surface area contributed by atoms with E-state index in [2.05, 4.69) is 30.2 Å². The summed E-state index contributed by atoms with van der Waals surface area (Å²) in [7, 11) is 0. The van der Waals surface area contributed by atoms with Crippen LogP contribution in [-0.2, 0) is 8.98 Å². The Morgan fingerprint density at radius 2 is 1.20 bits per heavy atom. The van der Waals surface area contributed by atoms with E-state index >= 15 is 0 Å². The van der Waals surface area contributed by atoms with Gasteiger partial charge in [-0.3, -0.25) is 4.79 Å². The molecule has 0 spiro atoms. The maximum atomic E-state index is 11.7. The average Bonchev–Trinajstić information content (AvgIpc) is 2.72. The molecular weight excluding hydrogens is 453 g/mol. The van der Waals surface area contributed by atoms with Crippen molar-refractivity contribution in [1.82, 2.24) is 10.6 Å². The highest BCUT2D eigenvalue weighted by Crippen LogP contribution is 2.14. The topological polar surface area (TPSA) is 50.4 Å². The third-order valence-electron chi connectivity index (χ3n) is 4.87. The number of hydrogen-bond acceptors (Lipinski definition) is 5. The first-order valence-corrected chi connectivity index (χ1v) is 13.7. The minimum atomic E-state index is -0.200. The molecule has 4 nitrogen and oxygen atoms in total. The predicted molar refractivity (Wildman–Crippen MR) is 143 cm³/mol. The normalized spacial score (nSPS) is 10.6. The zero-order valence-corrected chi connectivity index (χ0v) is 22.1. The van der Waals surface area contributed by atoms with Gasteiger partial charge in [0.05, 0.1) is 0 Å². The van der Waals surface area contributed by atoms with Crippen molar-refractivity contribution in [3.63, 3.8) is 0 Å². The maximum Gasteiger partial charge on any atom is 0.318 e. The number of thiocarbonyl (C=S) groups is 2. The van der Waals surface area contributed by atoms with Gasteiger partial charge >= 0.3 is 5.97 Å². The van der Waals surface area contributed by atoms with E-state index in [-0.39, 0.29) is 5.97 Å². The molecular formula is C22H42N2O2S4.